The molecule has 0 atom stereocenters. The molecule has 0 unspecified atom stereocenters. The largest absolute Gasteiger partial charge is 0.477 e. The van der Waals surface area contributed by atoms with Crippen molar-refractivity contribution < 1.29 is 14.3 Å². The van der Waals surface area contributed by atoms with Crippen molar-refractivity contribution in [2.24, 2.45) is 0 Å². The lowest BCUT2D eigenvalue weighted by atomic mass is 9.99. The number of benzene rings is 3. The molecule has 0 saturated heterocycles. The zero-order valence-corrected chi connectivity index (χ0v) is 21.8. The maximum absolute atomic E-state index is 13.3. The molecule has 0 spiro atoms. The lowest BCUT2D eigenvalue weighted by Gasteiger charge is -2.30. The summed E-state index contributed by atoms with van der Waals surface area (Å²) in [6, 6.07) is 18.1. The van der Waals surface area contributed by atoms with Gasteiger partial charge in [0.05, 0.1) is 5.56 Å². The van der Waals surface area contributed by atoms with Gasteiger partial charge < -0.3 is 14.4 Å². The number of carbonyl (C=O) groups is 1. The van der Waals surface area contributed by atoms with Crippen LogP contribution in [-0.2, 0) is 13.0 Å². The van der Waals surface area contributed by atoms with Gasteiger partial charge in [-0.2, -0.15) is 0 Å². The first-order chi connectivity index (χ1) is 17.5. The number of nitrogens with zero attached hydrogens (tertiary/aromatic N) is 2. The number of Topliss-reactive ketones (excluding diaryl/α,β-unsaturated/α-hetero) is 1. The molecule has 5 nitrogen and oxygen atoms in total. The van der Waals surface area contributed by atoms with E-state index in [1.54, 1.807) is 0 Å². The van der Waals surface area contributed by atoms with Crippen molar-refractivity contribution in [1.82, 2.24) is 4.90 Å². The fourth-order valence-corrected chi connectivity index (χ4v) is 5.17. The third-order valence-electron chi connectivity index (χ3n) is 6.98. The highest BCUT2D eigenvalue weighted by Gasteiger charge is 2.33. The summed E-state index contributed by atoms with van der Waals surface area (Å²) >= 11 is 6.32. The second-order valence-electron chi connectivity index (χ2n) is 9.24. The summed E-state index contributed by atoms with van der Waals surface area (Å²) in [6.45, 7) is 10.2. The quantitative estimate of drug-likeness (QED) is 0.345. The van der Waals surface area contributed by atoms with E-state index in [1.807, 2.05) is 49.4 Å². The van der Waals surface area contributed by atoms with Crippen LogP contribution >= 0.6 is 11.6 Å². The minimum Gasteiger partial charge on any atom is -0.477 e. The van der Waals surface area contributed by atoms with E-state index < -0.39 is 0 Å². The van der Waals surface area contributed by atoms with Crippen LogP contribution in [0.1, 0.15) is 46.5 Å². The summed E-state index contributed by atoms with van der Waals surface area (Å²) in [7, 11) is 0. The fraction of sp³-hybridized carbons (Fsp3) is 0.300. The zero-order chi connectivity index (χ0) is 25.2. The van der Waals surface area contributed by atoms with Gasteiger partial charge in [0.25, 0.3) is 0 Å². The third kappa shape index (κ3) is 4.73. The minimum absolute atomic E-state index is 0.0862. The van der Waals surface area contributed by atoms with Crippen LogP contribution in [0.4, 0.5) is 5.69 Å². The summed E-state index contributed by atoms with van der Waals surface area (Å²) in [5, 5.41) is 0.786. The molecule has 0 fully saturated rings. The van der Waals surface area contributed by atoms with Gasteiger partial charge in [0.2, 0.25) is 5.78 Å². The van der Waals surface area contributed by atoms with Gasteiger partial charge in [0.1, 0.15) is 18.2 Å². The number of ketones is 1. The molecule has 2 aliphatic rings. The van der Waals surface area contributed by atoms with Crippen molar-refractivity contribution in [1.29, 1.82) is 0 Å². The van der Waals surface area contributed by atoms with E-state index in [-0.39, 0.29) is 5.78 Å². The molecular formula is C30H31ClN2O3. The Morgan fingerprint density at radius 3 is 2.53 bits per heavy atom. The highest BCUT2D eigenvalue weighted by molar-refractivity contribution is 6.31. The molecule has 0 amide bonds. The number of anilines is 1. The van der Waals surface area contributed by atoms with E-state index in [0.29, 0.717) is 30.3 Å². The molecule has 36 heavy (non-hydrogen) atoms. The van der Waals surface area contributed by atoms with Gasteiger partial charge in [-0.15, -0.1) is 0 Å². The van der Waals surface area contributed by atoms with Crippen molar-refractivity contribution in [3.05, 3.63) is 93.2 Å². The average molecular weight is 503 g/mol. The number of allylic oxidation sites excluding steroid dienone is 1. The van der Waals surface area contributed by atoms with Crippen molar-refractivity contribution in [2.45, 2.75) is 33.7 Å². The minimum atomic E-state index is -0.0862. The number of halogens is 1. The Kier molecular flexibility index (Phi) is 7.04. The van der Waals surface area contributed by atoms with E-state index in [4.69, 9.17) is 21.1 Å². The molecule has 6 heteroatoms. The molecule has 0 aromatic heterocycles. The van der Waals surface area contributed by atoms with Gasteiger partial charge in [-0.05, 0) is 68.7 Å². The molecule has 5 rings (SSSR count). The summed E-state index contributed by atoms with van der Waals surface area (Å²) in [5.74, 6) is 1.69. The molecule has 3 aromatic rings. The molecule has 0 N–H and O–H groups in total. The molecule has 0 radical (unpaired) electrons. The molecule has 186 valence electrons. The van der Waals surface area contributed by atoms with Crippen molar-refractivity contribution >= 4 is 29.1 Å². The fourth-order valence-electron chi connectivity index (χ4n) is 4.94. The Labute approximate surface area is 217 Å². The Bertz CT molecular complexity index is 1310. The number of ether oxygens (including phenoxy) is 2. The topological polar surface area (TPSA) is 42.0 Å². The smallest absolute Gasteiger partial charge is 0.231 e. The van der Waals surface area contributed by atoms with Gasteiger partial charge in [-0.1, -0.05) is 41.9 Å². The second-order valence-corrected chi connectivity index (χ2v) is 9.64. The molecule has 2 heterocycles. The highest BCUT2D eigenvalue weighted by atomic mass is 35.5. The second kappa shape index (κ2) is 10.4. The van der Waals surface area contributed by atoms with E-state index in [9.17, 15) is 4.79 Å². The maximum atomic E-state index is 13.3. The van der Waals surface area contributed by atoms with Gasteiger partial charge >= 0.3 is 0 Å². The summed E-state index contributed by atoms with van der Waals surface area (Å²) in [4.78, 5) is 17.8. The van der Waals surface area contributed by atoms with Crippen LogP contribution in [0.2, 0.25) is 5.02 Å². The predicted molar refractivity (Wildman–Crippen MR) is 145 cm³/mol. The first-order valence-electron chi connectivity index (χ1n) is 12.5. The summed E-state index contributed by atoms with van der Waals surface area (Å²) < 4.78 is 12.2. The Morgan fingerprint density at radius 2 is 1.81 bits per heavy atom. The van der Waals surface area contributed by atoms with Crippen LogP contribution < -0.4 is 14.4 Å². The molecule has 0 saturated carbocycles. The summed E-state index contributed by atoms with van der Waals surface area (Å²) in [6.07, 6.45) is 2.66. The molecule has 3 aromatic carbocycles. The Balaban J connectivity index is 1.33. The standard InChI is InChI=1S/C30H31ClN2O3/c1-4-33(5-2)24-12-10-21(11-13-24)16-27-28(34)25-17-23-18-32(15-14-22-8-6-7-9-26(22)31)19-35-29(23)20(3)30(25)36-27/h6-13,16-17H,4-5,14-15,18-19H2,1-3H3/b27-16-. The van der Waals surface area contributed by atoms with E-state index in [2.05, 4.69) is 41.8 Å². The SMILES string of the molecule is CCN(CC)c1ccc(/C=C2\Oc3c(cc4c(c3C)OCN(CCc3ccccc3Cl)C4)C2=O)cc1. The van der Waals surface area contributed by atoms with Crippen LogP contribution in [0.3, 0.4) is 0 Å². The van der Waals surface area contributed by atoms with Crippen molar-refractivity contribution in [3.63, 3.8) is 0 Å². The van der Waals surface area contributed by atoms with Crippen LogP contribution in [-0.4, -0.2) is 37.0 Å². The first-order valence-corrected chi connectivity index (χ1v) is 12.9. The van der Waals surface area contributed by atoms with E-state index >= 15 is 0 Å². The molecule has 0 bridgehead atoms. The molecular weight excluding hydrogens is 472 g/mol. The number of fused-ring (bicyclic) bond motifs is 2. The predicted octanol–water partition coefficient (Wildman–Crippen LogP) is 6.51. The van der Waals surface area contributed by atoms with Crippen LogP contribution in [0, 0.1) is 6.92 Å². The van der Waals surface area contributed by atoms with E-state index in [1.165, 1.54) is 5.69 Å². The number of carbonyl (C=O) groups excluding carboxylic acids is 1. The van der Waals surface area contributed by atoms with Gasteiger partial charge in [-0.3, -0.25) is 9.69 Å². The van der Waals surface area contributed by atoms with E-state index in [0.717, 1.165) is 59.1 Å². The summed E-state index contributed by atoms with van der Waals surface area (Å²) in [5.41, 5.74) is 5.73. The lowest BCUT2D eigenvalue weighted by molar-refractivity contribution is 0.0954. The van der Waals surface area contributed by atoms with Crippen molar-refractivity contribution in [2.75, 3.05) is 31.3 Å². The number of hydrogen-bond donors (Lipinski definition) is 0. The third-order valence-corrected chi connectivity index (χ3v) is 7.35. The van der Waals surface area contributed by atoms with Crippen LogP contribution in [0.15, 0.2) is 60.4 Å². The first kappa shape index (κ1) is 24.4. The van der Waals surface area contributed by atoms with Gasteiger partial charge in [-0.25, -0.2) is 0 Å². The maximum Gasteiger partial charge on any atom is 0.231 e. The average Bonchev–Trinajstić information content (AvgIpc) is 3.20. The van der Waals surface area contributed by atoms with Crippen LogP contribution in [0.25, 0.3) is 6.08 Å². The number of rotatable bonds is 7. The van der Waals surface area contributed by atoms with Gasteiger partial charge in [0.15, 0.2) is 5.76 Å². The van der Waals surface area contributed by atoms with Crippen LogP contribution in [0.5, 0.6) is 11.5 Å². The van der Waals surface area contributed by atoms with Gasteiger partial charge in [0, 0.05) is 48.0 Å². The Morgan fingerprint density at radius 1 is 1.06 bits per heavy atom. The number of hydrogen-bond acceptors (Lipinski definition) is 5. The Hall–Kier alpha value is -3.28. The normalized spacial score (nSPS) is 15.9. The lowest BCUT2D eigenvalue weighted by Crippen LogP contribution is -2.34. The molecule has 0 aliphatic carbocycles. The molecule has 2 aliphatic heterocycles. The zero-order valence-electron chi connectivity index (χ0n) is 21.0. The van der Waals surface area contributed by atoms with Crippen molar-refractivity contribution in [3.8, 4) is 11.5 Å². The monoisotopic (exact) mass is 502 g/mol. The highest BCUT2D eigenvalue weighted by Crippen LogP contribution is 2.43.